The van der Waals surface area contributed by atoms with Crippen molar-refractivity contribution in [2.75, 3.05) is 0 Å². The first kappa shape index (κ1) is 35.9. The second-order valence-corrected chi connectivity index (χ2v) is 12.7. The fourth-order valence-corrected chi connectivity index (χ4v) is 6.01. The molecule has 0 saturated heterocycles. The average molecular weight is 719 g/mol. The van der Waals surface area contributed by atoms with Crippen molar-refractivity contribution in [3.8, 4) is 74.7 Å². The van der Waals surface area contributed by atoms with Crippen molar-refractivity contribution >= 4 is 0 Å². The lowest BCUT2D eigenvalue weighted by molar-refractivity contribution is 0.355. The number of phenolic OH excluding ortho intramolecular Hbond substituents is 9. The van der Waals surface area contributed by atoms with E-state index < -0.39 is 17.2 Å². The summed E-state index contributed by atoms with van der Waals surface area (Å²) in [6.07, 6.45) is 2.24. The molecule has 9 N–H and O–H groups in total. The Kier molecular flexibility index (Phi) is 10.6. The quantitative estimate of drug-likeness (QED) is 0.0561. The Balaban J connectivity index is 1.31. The summed E-state index contributed by atoms with van der Waals surface area (Å²) in [4.78, 5) is 0. The summed E-state index contributed by atoms with van der Waals surface area (Å²) >= 11 is 0. The van der Waals surface area contributed by atoms with Gasteiger partial charge in [0.05, 0.1) is 0 Å². The molecule has 53 heavy (non-hydrogen) atoms. The SMILES string of the molecule is Oc1cc(O)cc(CCc2cc(Oc3cc(CCc4cccc(O)c4)c(O)cc3O)c(O)c(Oc3cc(CCc4cccc(O)c4)c(O)cc3O)c2)c1. The fourth-order valence-electron chi connectivity index (χ4n) is 6.01. The van der Waals surface area contributed by atoms with Crippen LogP contribution >= 0.6 is 0 Å². The number of rotatable bonds is 13. The van der Waals surface area contributed by atoms with Crippen LogP contribution < -0.4 is 9.47 Å². The summed E-state index contributed by atoms with van der Waals surface area (Å²) < 4.78 is 12.1. The molecule has 272 valence electrons. The van der Waals surface area contributed by atoms with Gasteiger partial charge in [0.25, 0.3) is 0 Å². The van der Waals surface area contributed by atoms with Gasteiger partial charge in [0.15, 0.2) is 34.5 Å². The molecule has 6 aromatic rings. The molecule has 0 aliphatic heterocycles. The molecule has 0 amide bonds. The van der Waals surface area contributed by atoms with Gasteiger partial charge in [-0.25, -0.2) is 0 Å². The summed E-state index contributed by atoms with van der Waals surface area (Å²) in [5.74, 6) is -2.03. The maximum Gasteiger partial charge on any atom is 0.202 e. The van der Waals surface area contributed by atoms with Gasteiger partial charge >= 0.3 is 0 Å². The molecule has 6 rings (SSSR count). The van der Waals surface area contributed by atoms with Gasteiger partial charge in [0.2, 0.25) is 5.75 Å². The molecule has 0 spiro atoms. The van der Waals surface area contributed by atoms with Crippen LogP contribution in [0.4, 0.5) is 0 Å². The van der Waals surface area contributed by atoms with Crippen LogP contribution in [0.15, 0.2) is 103 Å². The van der Waals surface area contributed by atoms with Crippen LogP contribution in [0.5, 0.6) is 74.7 Å². The van der Waals surface area contributed by atoms with Gasteiger partial charge in [0, 0.05) is 18.2 Å². The molecule has 0 bridgehead atoms. The van der Waals surface area contributed by atoms with E-state index in [0.717, 1.165) is 23.3 Å². The van der Waals surface area contributed by atoms with E-state index in [4.69, 9.17) is 9.47 Å². The van der Waals surface area contributed by atoms with E-state index in [9.17, 15) is 46.0 Å². The van der Waals surface area contributed by atoms with Crippen molar-refractivity contribution in [1.29, 1.82) is 0 Å². The van der Waals surface area contributed by atoms with Crippen LogP contribution in [-0.2, 0) is 38.5 Å². The number of phenols is 9. The third-order valence-corrected chi connectivity index (χ3v) is 8.71. The van der Waals surface area contributed by atoms with Crippen LogP contribution in [0.3, 0.4) is 0 Å². The molecule has 0 fully saturated rings. The number of benzene rings is 6. The molecule has 0 saturated carbocycles. The summed E-state index contributed by atoms with van der Waals surface area (Å²) in [5.41, 5.74) is 3.72. The molecular formula is C42H38O11. The zero-order valence-corrected chi connectivity index (χ0v) is 28.4. The molecule has 11 heteroatoms. The summed E-state index contributed by atoms with van der Waals surface area (Å²) in [6, 6.07) is 25.9. The maximum atomic E-state index is 11.5. The van der Waals surface area contributed by atoms with Gasteiger partial charge in [-0.15, -0.1) is 0 Å². The van der Waals surface area contributed by atoms with Crippen molar-refractivity contribution in [3.05, 3.63) is 137 Å². The van der Waals surface area contributed by atoms with Crippen molar-refractivity contribution in [3.63, 3.8) is 0 Å². The number of hydrogen-bond acceptors (Lipinski definition) is 11. The molecule has 0 aromatic heterocycles. The van der Waals surface area contributed by atoms with Crippen LogP contribution in [0.25, 0.3) is 0 Å². The van der Waals surface area contributed by atoms with E-state index in [0.29, 0.717) is 60.8 Å². The molecule has 0 atom stereocenters. The lowest BCUT2D eigenvalue weighted by Crippen LogP contribution is -1.98. The van der Waals surface area contributed by atoms with Crippen molar-refractivity contribution in [2.45, 2.75) is 38.5 Å². The van der Waals surface area contributed by atoms with E-state index in [1.165, 1.54) is 42.5 Å². The minimum atomic E-state index is -0.480. The standard InChI is InChI=1S/C42H38O11/c43-30-5-1-3-24(13-30)9-11-28-19-38(36(49)22-34(28)47)52-40-17-27(8-7-26-15-32(45)21-33(46)16-26)18-41(42(40)51)53-39-20-29(35(48)23-37(39)50)12-10-25-4-2-6-31(44)14-25/h1-6,13-23,43-51H,7-12H2. The Morgan fingerprint density at radius 2 is 0.717 bits per heavy atom. The second-order valence-electron chi connectivity index (χ2n) is 12.7. The minimum Gasteiger partial charge on any atom is -0.508 e. The first-order valence-corrected chi connectivity index (χ1v) is 16.8. The smallest absolute Gasteiger partial charge is 0.202 e. The zero-order chi connectivity index (χ0) is 37.6. The van der Waals surface area contributed by atoms with E-state index in [1.54, 1.807) is 36.4 Å². The molecule has 6 aromatic carbocycles. The molecule has 0 unspecified atom stereocenters. The molecule has 11 nitrogen and oxygen atoms in total. The molecule has 0 aliphatic carbocycles. The van der Waals surface area contributed by atoms with E-state index in [1.807, 2.05) is 12.1 Å². The highest BCUT2D eigenvalue weighted by atomic mass is 16.5. The Morgan fingerprint density at radius 1 is 0.321 bits per heavy atom. The lowest BCUT2D eigenvalue weighted by Gasteiger charge is -2.17. The summed E-state index contributed by atoms with van der Waals surface area (Å²) in [5, 5.41) is 93.8. The highest BCUT2D eigenvalue weighted by Gasteiger charge is 2.20. The molecule has 0 radical (unpaired) electrons. The highest BCUT2D eigenvalue weighted by Crippen LogP contribution is 2.47. The number of aromatic hydroxyl groups is 9. The summed E-state index contributed by atoms with van der Waals surface area (Å²) in [7, 11) is 0. The van der Waals surface area contributed by atoms with Crippen molar-refractivity contribution < 1.29 is 55.4 Å². The second kappa shape index (κ2) is 15.6. The third-order valence-electron chi connectivity index (χ3n) is 8.71. The number of aryl methyl sites for hydroxylation is 6. The molecular weight excluding hydrogens is 680 g/mol. The van der Waals surface area contributed by atoms with E-state index >= 15 is 0 Å². The fraction of sp³-hybridized carbons (Fsp3) is 0.143. The van der Waals surface area contributed by atoms with Crippen molar-refractivity contribution in [1.82, 2.24) is 0 Å². The van der Waals surface area contributed by atoms with Crippen LogP contribution in [-0.4, -0.2) is 46.0 Å². The summed E-state index contributed by atoms with van der Waals surface area (Å²) in [6.45, 7) is 0. The number of ether oxygens (including phenoxy) is 2. The van der Waals surface area contributed by atoms with Gasteiger partial charge in [0.1, 0.15) is 34.5 Å². The largest absolute Gasteiger partial charge is 0.508 e. The lowest BCUT2D eigenvalue weighted by atomic mass is 10.0. The Labute approximate surface area is 304 Å². The monoisotopic (exact) mass is 718 g/mol. The zero-order valence-electron chi connectivity index (χ0n) is 28.4. The molecule has 0 aliphatic rings. The van der Waals surface area contributed by atoms with E-state index in [2.05, 4.69) is 0 Å². The average Bonchev–Trinajstić information content (AvgIpc) is 3.10. The van der Waals surface area contributed by atoms with Crippen LogP contribution in [0.1, 0.15) is 33.4 Å². The van der Waals surface area contributed by atoms with Gasteiger partial charge in [-0.3, -0.25) is 0 Å². The molecule has 0 heterocycles. The third kappa shape index (κ3) is 9.08. The maximum absolute atomic E-state index is 11.5. The van der Waals surface area contributed by atoms with Crippen LogP contribution in [0, 0.1) is 0 Å². The van der Waals surface area contributed by atoms with Gasteiger partial charge in [-0.1, -0.05) is 24.3 Å². The Hall–Kier alpha value is -6.88. The van der Waals surface area contributed by atoms with E-state index in [-0.39, 0.29) is 57.5 Å². The topological polar surface area (TPSA) is 201 Å². The van der Waals surface area contributed by atoms with Crippen molar-refractivity contribution in [2.24, 2.45) is 0 Å². The van der Waals surface area contributed by atoms with Gasteiger partial charge in [-0.05, 0) is 133 Å². The predicted molar refractivity (Wildman–Crippen MR) is 196 cm³/mol. The first-order valence-electron chi connectivity index (χ1n) is 16.8. The minimum absolute atomic E-state index is 0.0771. The Bertz CT molecular complexity index is 2120. The normalized spacial score (nSPS) is 11.0. The highest BCUT2D eigenvalue weighted by molar-refractivity contribution is 5.59. The first-order chi connectivity index (χ1) is 25.4. The van der Waals surface area contributed by atoms with Gasteiger partial charge in [-0.2, -0.15) is 0 Å². The van der Waals surface area contributed by atoms with Crippen LogP contribution in [0.2, 0.25) is 0 Å². The Morgan fingerprint density at radius 3 is 1.15 bits per heavy atom. The number of hydrogen-bond donors (Lipinski definition) is 9. The predicted octanol–water partition coefficient (Wildman–Crippen LogP) is 7.98. The van der Waals surface area contributed by atoms with Gasteiger partial charge < -0.3 is 55.4 Å².